The Labute approximate surface area is 85.2 Å². The van der Waals surface area contributed by atoms with Gasteiger partial charge < -0.3 is 9.88 Å². The van der Waals surface area contributed by atoms with E-state index in [9.17, 15) is 4.79 Å². The highest BCUT2D eigenvalue weighted by Crippen LogP contribution is 2.20. The van der Waals surface area contributed by atoms with E-state index in [1.54, 1.807) is 0 Å². The van der Waals surface area contributed by atoms with Crippen LogP contribution in [-0.4, -0.2) is 16.5 Å². The lowest BCUT2D eigenvalue weighted by atomic mass is 10.4. The fourth-order valence-corrected chi connectivity index (χ4v) is 1.76. The molecule has 0 atom stereocenters. The Balaban J connectivity index is 2.13. The highest BCUT2D eigenvalue weighted by molar-refractivity contribution is 9.10. The van der Waals surface area contributed by atoms with Gasteiger partial charge in [0, 0.05) is 23.8 Å². The van der Waals surface area contributed by atoms with E-state index in [4.69, 9.17) is 0 Å². The van der Waals surface area contributed by atoms with Gasteiger partial charge in [0.05, 0.1) is 0 Å². The summed E-state index contributed by atoms with van der Waals surface area (Å²) in [5, 5.41) is 2.94. The smallest absolute Gasteiger partial charge is 0.268 e. The van der Waals surface area contributed by atoms with Crippen LogP contribution in [0.15, 0.2) is 16.7 Å². The van der Waals surface area contributed by atoms with Crippen molar-refractivity contribution in [2.75, 3.05) is 0 Å². The summed E-state index contributed by atoms with van der Waals surface area (Å²) in [5.74, 6) is 0.0238. The Morgan fingerprint density at radius 3 is 2.85 bits per heavy atom. The maximum Gasteiger partial charge on any atom is 0.268 e. The van der Waals surface area contributed by atoms with Crippen molar-refractivity contribution in [3.8, 4) is 0 Å². The molecule has 0 bridgehead atoms. The van der Waals surface area contributed by atoms with E-state index in [0.717, 1.165) is 17.3 Å². The van der Waals surface area contributed by atoms with Crippen LogP contribution < -0.4 is 5.32 Å². The number of carbonyl (C=O) groups is 1. The molecule has 1 aromatic rings. The van der Waals surface area contributed by atoms with Crippen LogP contribution in [0, 0.1) is 0 Å². The molecule has 0 radical (unpaired) electrons. The molecule has 1 aliphatic rings. The lowest BCUT2D eigenvalue weighted by molar-refractivity contribution is 0.0943. The normalized spacial score (nSPS) is 15.8. The van der Waals surface area contributed by atoms with E-state index in [1.807, 2.05) is 23.9 Å². The molecule has 0 unspecified atom stereocenters. The van der Waals surface area contributed by atoms with Gasteiger partial charge in [-0.15, -0.1) is 0 Å². The Kier molecular flexibility index (Phi) is 2.15. The molecule has 0 spiro atoms. The van der Waals surface area contributed by atoms with Gasteiger partial charge in [0.1, 0.15) is 5.69 Å². The summed E-state index contributed by atoms with van der Waals surface area (Å²) in [6.45, 7) is 0. The Morgan fingerprint density at radius 2 is 2.38 bits per heavy atom. The van der Waals surface area contributed by atoms with Crippen molar-refractivity contribution < 1.29 is 4.79 Å². The molecule has 0 aliphatic heterocycles. The van der Waals surface area contributed by atoms with Gasteiger partial charge >= 0.3 is 0 Å². The Bertz CT molecular complexity index is 341. The number of amides is 1. The highest BCUT2D eigenvalue weighted by atomic mass is 79.9. The predicted molar refractivity (Wildman–Crippen MR) is 53.6 cm³/mol. The van der Waals surface area contributed by atoms with Crippen LogP contribution in [0.3, 0.4) is 0 Å². The van der Waals surface area contributed by atoms with Crippen LogP contribution in [-0.2, 0) is 7.05 Å². The van der Waals surface area contributed by atoms with Gasteiger partial charge in [0.15, 0.2) is 0 Å². The van der Waals surface area contributed by atoms with Crippen molar-refractivity contribution in [3.63, 3.8) is 0 Å². The molecule has 0 saturated heterocycles. The van der Waals surface area contributed by atoms with E-state index in [2.05, 4.69) is 21.2 Å². The summed E-state index contributed by atoms with van der Waals surface area (Å²) in [6.07, 6.45) is 4.12. The molecular weight excluding hydrogens is 232 g/mol. The molecule has 0 aromatic carbocycles. The van der Waals surface area contributed by atoms with Gasteiger partial charge in [-0.1, -0.05) is 0 Å². The molecule has 70 valence electrons. The first kappa shape index (κ1) is 8.81. The summed E-state index contributed by atoms with van der Waals surface area (Å²) in [7, 11) is 1.87. The summed E-state index contributed by atoms with van der Waals surface area (Å²) in [5.41, 5.74) is 0.707. The van der Waals surface area contributed by atoms with Gasteiger partial charge in [-0.3, -0.25) is 4.79 Å². The van der Waals surface area contributed by atoms with Gasteiger partial charge in [0.2, 0.25) is 0 Å². The molecule has 1 amide bonds. The quantitative estimate of drug-likeness (QED) is 0.842. The summed E-state index contributed by atoms with van der Waals surface area (Å²) >= 11 is 3.33. The molecule has 13 heavy (non-hydrogen) atoms. The van der Waals surface area contributed by atoms with Gasteiger partial charge in [0.25, 0.3) is 5.91 Å². The standard InChI is InChI=1S/C9H11BrN2O/c1-12-5-6(10)4-8(12)9(13)11-7-2-3-7/h4-5,7H,2-3H2,1H3,(H,11,13). The van der Waals surface area contributed by atoms with E-state index in [0.29, 0.717) is 11.7 Å². The number of rotatable bonds is 2. The van der Waals surface area contributed by atoms with E-state index < -0.39 is 0 Å². The fourth-order valence-electron chi connectivity index (χ4n) is 1.24. The maximum absolute atomic E-state index is 11.6. The van der Waals surface area contributed by atoms with E-state index in [-0.39, 0.29) is 5.91 Å². The second-order valence-electron chi connectivity index (χ2n) is 3.40. The Hall–Kier alpha value is -0.770. The molecule has 1 fully saturated rings. The summed E-state index contributed by atoms with van der Waals surface area (Å²) in [6, 6.07) is 2.25. The van der Waals surface area contributed by atoms with Crippen molar-refractivity contribution in [2.45, 2.75) is 18.9 Å². The molecule has 2 rings (SSSR count). The number of hydrogen-bond acceptors (Lipinski definition) is 1. The fraction of sp³-hybridized carbons (Fsp3) is 0.444. The summed E-state index contributed by atoms with van der Waals surface area (Å²) in [4.78, 5) is 11.6. The summed E-state index contributed by atoms with van der Waals surface area (Å²) < 4.78 is 2.76. The van der Waals surface area contributed by atoms with E-state index >= 15 is 0 Å². The second kappa shape index (κ2) is 3.18. The zero-order chi connectivity index (χ0) is 9.42. The second-order valence-corrected chi connectivity index (χ2v) is 4.32. The molecule has 4 heteroatoms. The third-order valence-corrected chi connectivity index (χ3v) is 2.55. The van der Waals surface area contributed by atoms with Gasteiger partial charge in [-0.25, -0.2) is 0 Å². The van der Waals surface area contributed by atoms with Crippen molar-refractivity contribution in [1.29, 1.82) is 0 Å². The first-order valence-corrected chi connectivity index (χ1v) is 5.09. The molecule has 1 N–H and O–H groups in total. The van der Waals surface area contributed by atoms with Crippen LogP contribution in [0.25, 0.3) is 0 Å². The van der Waals surface area contributed by atoms with Crippen molar-refractivity contribution in [3.05, 3.63) is 22.4 Å². The third kappa shape index (κ3) is 1.94. The number of nitrogens with zero attached hydrogens (tertiary/aromatic N) is 1. The first-order chi connectivity index (χ1) is 6.16. The Morgan fingerprint density at radius 1 is 1.69 bits per heavy atom. The van der Waals surface area contributed by atoms with Gasteiger partial charge in [-0.05, 0) is 34.8 Å². The number of aryl methyl sites for hydroxylation is 1. The predicted octanol–water partition coefficient (Wildman–Crippen LogP) is 1.68. The SMILES string of the molecule is Cn1cc(Br)cc1C(=O)NC1CC1. The largest absolute Gasteiger partial charge is 0.348 e. The zero-order valence-electron chi connectivity index (χ0n) is 7.38. The average molecular weight is 243 g/mol. The van der Waals surface area contributed by atoms with Crippen molar-refractivity contribution in [2.24, 2.45) is 7.05 Å². The monoisotopic (exact) mass is 242 g/mol. The number of carbonyl (C=O) groups excluding carboxylic acids is 1. The van der Waals surface area contributed by atoms with E-state index in [1.165, 1.54) is 0 Å². The van der Waals surface area contributed by atoms with Crippen molar-refractivity contribution in [1.82, 2.24) is 9.88 Å². The lowest BCUT2D eigenvalue weighted by Gasteiger charge is -2.03. The number of nitrogens with one attached hydrogen (secondary N) is 1. The minimum atomic E-state index is 0.0238. The number of hydrogen-bond donors (Lipinski definition) is 1. The zero-order valence-corrected chi connectivity index (χ0v) is 8.97. The average Bonchev–Trinajstić information content (AvgIpc) is 2.77. The molecule has 1 heterocycles. The molecule has 1 saturated carbocycles. The van der Waals surface area contributed by atoms with Gasteiger partial charge in [-0.2, -0.15) is 0 Å². The third-order valence-electron chi connectivity index (χ3n) is 2.12. The van der Waals surface area contributed by atoms with Crippen LogP contribution in [0.2, 0.25) is 0 Å². The van der Waals surface area contributed by atoms with Crippen LogP contribution in [0.1, 0.15) is 23.3 Å². The van der Waals surface area contributed by atoms with Crippen LogP contribution >= 0.6 is 15.9 Å². The van der Waals surface area contributed by atoms with Crippen LogP contribution in [0.4, 0.5) is 0 Å². The molecule has 1 aromatic heterocycles. The number of aromatic nitrogens is 1. The lowest BCUT2D eigenvalue weighted by Crippen LogP contribution is -2.27. The van der Waals surface area contributed by atoms with Crippen molar-refractivity contribution >= 4 is 21.8 Å². The minimum Gasteiger partial charge on any atom is -0.348 e. The minimum absolute atomic E-state index is 0.0238. The highest BCUT2D eigenvalue weighted by Gasteiger charge is 2.24. The molecule has 1 aliphatic carbocycles. The topological polar surface area (TPSA) is 34.0 Å². The number of halogens is 1. The van der Waals surface area contributed by atoms with Crippen LogP contribution in [0.5, 0.6) is 0 Å². The molecular formula is C9H11BrN2O. The maximum atomic E-state index is 11.6. The first-order valence-electron chi connectivity index (χ1n) is 4.29. The molecule has 3 nitrogen and oxygen atoms in total.